The fourth-order valence-electron chi connectivity index (χ4n) is 1.58. The van der Waals surface area contributed by atoms with Gasteiger partial charge in [-0.15, -0.1) is 0 Å². The number of thiazole rings is 1. The molecule has 0 saturated heterocycles. The van der Waals surface area contributed by atoms with Gasteiger partial charge in [-0.05, 0) is 24.1 Å². The summed E-state index contributed by atoms with van der Waals surface area (Å²) >= 11 is 1.28. The summed E-state index contributed by atoms with van der Waals surface area (Å²) in [6, 6.07) is 7.48. The van der Waals surface area contributed by atoms with Crippen LogP contribution in [-0.4, -0.2) is 22.6 Å². The van der Waals surface area contributed by atoms with Gasteiger partial charge in [0.15, 0.2) is 5.13 Å². The molecule has 1 aromatic heterocycles. The Kier molecular flexibility index (Phi) is 4.88. The van der Waals surface area contributed by atoms with E-state index >= 15 is 0 Å². The average molecular weight is 286 g/mol. The van der Waals surface area contributed by atoms with E-state index in [1.54, 1.807) is 18.3 Å². The van der Waals surface area contributed by atoms with Gasteiger partial charge >= 0.3 is 0 Å². The highest BCUT2D eigenvalue weighted by molar-refractivity contribution is 7.16. The second-order valence-corrected chi connectivity index (χ2v) is 5.02. The van der Waals surface area contributed by atoms with Crippen LogP contribution in [0.15, 0.2) is 30.5 Å². The molecule has 0 aliphatic carbocycles. The zero-order chi connectivity index (χ0) is 14.4. The van der Waals surface area contributed by atoms with Crippen LogP contribution in [0.5, 0.6) is 0 Å². The van der Waals surface area contributed by atoms with Gasteiger partial charge < -0.3 is 5.11 Å². The maximum Gasteiger partial charge on any atom is 0.257 e. The quantitative estimate of drug-likeness (QED) is 0.851. The molecule has 0 radical (unpaired) electrons. The average Bonchev–Trinajstić information content (AvgIpc) is 2.92. The molecule has 0 fully saturated rings. The lowest BCUT2D eigenvalue weighted by atomic mass is 10.1. The fourth-order valence-corrected chi connectivity index (χ4v) is 2.26. The predicted molar refractivity (Wildman–Crippen MR) is 79.9 cm³/mol. The number of anilines is 1. The van der Waals surface area contributed by atoms with Gasteiger partial charge in [0.1, 0.15) is 6.61 Å². The lowest BCUT2D eigenvalue weighted by Gasteiger charge is -2.02. The van der Waals surface area contributed by atoms with Crippen molar-refractivity contribution in [2.75, 3.05) is 11.9 Å². The second-order valence-electron chi connectivity index (χ2n) is 3.99. The Morgan fingerprint density at radius 1 is 1.40 bits per heavy atom. The van der Waals surface area contributed by atoms with Gasteiger partial charge in [0.05, 0.1) is 11.1 Å². The molecule has 102 valence electrons. The number of benzene rings is 1. The summed E-state index contributed by atoms with van der Waals surface area (Å²) in [6.07, 6.45) is 2.52. The molecule has 1 heterocycles. The first-order chi connectivity index (χ1) is 9.72. The third-order valence-electron chi connectivity index (χ3n) is 2.64. The lowest BCUT2D eigenvalue weighted by Crippen LogP contribution is -2.11. The molecule has 0 saturated carbocycles. The van der Waals surface area contributed by atoms with Crippen molar-refractivity contribution in [2.24, 2.45) is 0 Å². The number of hydrogen-bond donors (Lipinski definition) is 2. The molecule has 5 heteroatoms. The number of nitrogens with one attached hydrogen (secondary N) is 1. The van der Waals surface area contributed by atoms with E-state index in [1.807, 2.05) is 12.1 Å². The Morgan fingerprint density at radius 3 is 2.80 bits per heavy atom. The van der Waals surface area contributed by atoms with E-state index in [9.17, 15) is 4.79 Å². The molecule has 2 N–H and O–H groups in total. The number of amides is 1. The summed E-state index contributed by atoms with van der Waals surface area (Å²) in [7, 11) is 0. The number of hydrogen-bond acceptors (Lipinski definition) is 4. The van der Waals surface area contributed by atoms with Crippen molar-refractivity contribution in [3.05, 3.63) is 46.5 Å². The first kappa shape index (κ1) is 14.3. The summed E-state index contributed by atoms with van der Waals surface area (Å²) in [4.78, 5) is 16.8. The molecule has 0 bridgehead atoms. The fraction of sp³-hybridized carbons (Fsp3) is 0.200. The Balaban J connectivity index is 2.05. The van der Waals surface area contributed by atoms with Crippen molar-refractivity contribution < 1.29 is 9.90 Å². The minimum atomic E-state index is -0.191. The van der Waals surface area contributed by atoms with Gasteiger partial charge in [0.2, 0.25) is 0 Å². The van der Waals surface area contributed by atoms with E-state index < -0.39 is 0 Å². The minimum Gasteiger partial charge on any atom is -0.384 e. The second kappa shape index (κ2) is 6.85. The molecular weight excluding hydrogens is 272 g/mol. The largest absolute Gasteiger partial charge is 0.384 e. The number of aliphatic hydroxyl groups is 1. The Morgan fingerprint density at radius 2 is 2.15 bits per heavy atom. The Labute approximate surface area is 121 Å². The number of aromatic nitrogens is 1. The van der Waals surface area contributed by atoms with Gasteiger partial charge in [0.25, 0.3) is 5.91 Å². The van der Waals surface area contributed by atoms with Crippen molar-refractivity contribution in [3.8, 4) is 11.8 Å². The van der Waals surface area contributed by atoms with Crippen LogP contribution < -0.4 is 5.32 Å². The molecule has 4 nitrogen and oxygen atoms in total. The number of carbonyl (C=O) groups excluding carboxylic acids is 1. The third-order valence-corrected chi connectivity index (χ3v) is 3.47. The van der Waals surface area contributed by atoms with E-state index in [0.29, 0.717) is 15.6 Å². The van der Waals surface area contributed by atoms with Crippen molar-refractivity contribution in [2.45, 2.75) is 13.3 Å². The highest BCUT2D eigenvalue weighted by atomic mass is 32.1. The lowest BCUT2D eigenvalue weighted by molar-refractivity contribution is 0.102. The van der Waals surface area contributed by atoms with Crippen molar-refractivity contribution >= 4 is 22.4 Å². The highest BCUT2D eigenvalue weighted by Gasteiger charge is 2.08. The Bertz CT molecular complexity index is 651. The predicted octanol–water partition coefficient (Wildman–Crippen LogP) is 2.30. The zero-order valence-corrected chi connectivity index (χ0v) is 11.8. The molecule has 0 atom stereocenters. The highest BCUT2D eigenvalue weighted by Crippen LogP contribution is 2.18. The topological polar surface area (TPSA) is 62.2 Å². The van der Waals surface area contributed by atoms with Crippen LogP contribution in [0, 0.1) is 11.8 Å². The van der Waals surface area contributed by atoms with Crippen molar-refractivity contribution in [3.63, 3.8) is 0 Å². The van der Waals surface area contributed by atoms with Crippen molar-refractivity contribution in [1.82, 2.24) is 4.98 Å². The van der Waals surface area contributed by atoms with Crippen LogP contribution in [0.25, 0.3) is 0 Å². The number of aryl methyl sites for hydroxylation is 1. The van der Waals surface area contributed by atoms with Crippen LogP contribution in [-0.2, 0) is 6.42 Å². The van der Waals surface area contributed by atoms with Gasteiger partial charge in [-0.25, -0.2) is 4.98 Å². The Hall–Kier alpha value is -2.16. The summed E-state index contributed by atoms with van der Waals surface area (Å²) < 4.78 is 0. The normalized spacial score (nSPS) is 9.70. The van der Waals surface area contributed by atoms with E-state index in [1.165, 1.54) is 16.9 Å². The van der Waals surface area contributed by atoms with Gasteiger partial charge in [-0.3, -0.25) is 10.1 Å². The maximum atomic E-state index is 12.0. The maximum absolute atomic E-state index is 12.0. The monoisotopic (exact) mass is 286 g/mol. The van der Waals surface area contributed by atoms with Crippen LogP contribution in [0.3, 0.4) is 0 Å². The molecule has 0 aliphatic heterocycles. The van der Waals surface area contributed by atoms with Crippen LogP contribution in [0.4, 0.5) is 5.13 Å². The number of aliphatic hydroxyl groups excluding tert-OH is 1. The third kappa shape index (κ3) is 3.67. The molecule has 0 unspecified atom stereocenters. The molecule has 2 aromatic rings. The first-order valence-corrected chi connectivity index (χ1v) is 7.00. The van der Waals surface area contributed by atoms with Gasteiger partial charge in [-0.1, -0.05) is 42.2 Å². The van der Waals surface area contributed by atoms with E-state index in [4.69, 9.17) is 5.11 Å². The SMILES string of the molecule is CCc1ccc(C(=O)Nc2ncc(C#CCO)s2)cc1. The smallest absolute Gasteiger partial charge is 0.257 e. The molecule has 0 aliphatic rings. The van der Waals surface area contributed by atoms with Crippen LogP contribution in [0.1, 0.15) is 27.7 Å². The summed E-state index contributed by atoms with van der Waals surface area (Å²) in [5, 5.41) is 11.8. The number of nitrogens with zero attached hydrogens (tertiary/aromatic N) is 1. The van der Waals surface area contributed by atoms with E-state index in [-0.39, 0.29) is 12.5 Å². The van der Waals surface area contributed by atoms with Crippen LogP contribution >= 0.6 is 11.3 Å². The number of carbonyl (C=O) groups is 1. The van der Waals surface area contributed by atoms with Crippen LogP contribution in [0.2, 0.25) is 0 Å². The summed E-state index contributed by atoms with van der Waals surface area (Å²) in [5.41, 5.74) is 1.79. The summed E-state index contributed by atoms with van der Waals surface area (Å²) in [6.45, 7) is 1.88. The molecule has 1 amide bonds. The minimum absolute atomic E-state index is 0.191. The van der Waals surface area contributed by atoms with E-state index in [0.717, 1.165) is 6.42 Å². The molecule has 2 rings (SSSR count). The number of rotatable bonds is 3. The molecular formula is C15H14N2O2S. The molecule has 0 spiro atoms. The zero-order valence-electron chi connectivity index (χ0n) is 11.0. The first-order valence-electron chi connectivity index (χ1n) is 6.18. The van der Waals surface area contributed by atoms with Gasteiger partial charge in [0, 0.05) is 5.56 Å². The van der Waals surface area contributed by atoms with Gasteiger partial charge in [-0.2, -0.15) is 0 Å². The van der Waals surface area contributed by atoms with Crippen molar-refractivity contribution in [1.29, 1.82) is 0 Å². The summed E-state index contributed by atoms with van der Waals surface area (Å²) in [5.74, 6) is 5.10. The molecule has 1 aromatic carbocycles. The standard InChI is InChI=1S/C15H14N2O2S/c1-2-11-5-7-12(8-6-11)14(19)17-15-16-10-13(20-15)4-3-9-18/h5-8,10,18H,2,9H2,1H3,(H,16,17,19). The van der Waals surface area contributed by atoms with E-state index in [2.05, 4.69) is 29.1 Å². The molecule has 20 heavy (non-hydrogen) atoms.